The molecule has 2 rings (SSSR count). The number of sulfonamides is 1. The largest absolute Gasteiger partial charge is 0.480 e. The van der Waals surface area contributed by atoms with E-state index in [1.807, 2.05) is 0 Å². The van der Waals surface area contributed by atoms with Gasteiger partial charge in [0.2, 0.25) is 15.9 Å². The number of hydrogen-bond donors (Lipinski definition) is 3. The van der Waals surface area contributed by atoms with Gasteiger partial charge in [0, 0.05) is 7.05 Å². The number of nitrogens with zero attached hydrogens (tertiary/aromatic N) is 2. The molecule has 10 heteroatoms. The van der Waals surface area contributed by atoms with Gasteiger partial charge in [-0.2, -0.15) is 9.82 Å². The Morgan fingerprint density at radius 3 is 2.29 bits per heavy atom. The highest BCUT2D eigenvalue weighted by Gasteiger charge is 2.46. The number of carboxylic acid groups (broad SMARTS) is 1. The number of carbonyl (C=O) groups excluding carboxylic acids is 1. The summed E-state index contributed by atoms with van der Waals surface area (Å²) in [5, 5.41) is 15.7. The Morgan fingerprint density at radius 1 is 1.33 bits per heavy atom. The summed E-state index contributed by atoms with van der Waals surface area (Å²) in [5.74, 6) is -1.77. The minimum absolute atomic E-state index is 0.0289. The van der Waals surface area contributed by atoms with E-state index in [1.165, 1.54) is 11.6 Å². The number of aryl methyl sites for hydroxylation is 2. The number of carboxylic acids is 1. The standard InChI is InChI=1S/C14H22N4O5S/c1-8-11(10(3)18(4)16-8)24(22,23)17-9(2)12(19)15-14(13(20)21)6-5-7-14/h9,17H,5-7H2,1-4H3,(H,15,19)(H,20,21). The van der Waals surface area contributed by atoms with Crippen LogP contribution in [0.15, 0.2) is 4.90 Å². The van der Waals surface area contributed by atoms with Crippen LogP contribution in [0, 0.1) is 13.8 Å². The molecule has 0 aliphatic heterocycles. The number of nitrogens with one attached hydrogen (secondary N) is 2. The van der Waals surface area contributed by atoms with Crippen LogP contribution in [0.25, 0.3) is 0 Å². The van der Waals surface area contributed by atoms with Gasteiger partial charge in [0.05, 0.1) is 17.4 Å². The van der Waals surface area contributed by atoms with E-state index in [4.69, 9.17) is 0 Å². The Hall–Kier alpha value is -1.94. The lowest BCUT2D eigenvalue weighted by molar-refractivity contribution is -0.152. The smallest absolute Gasteiger partial charge is 0.329 e. The molecule has 1 aliphatic rings. The molecule has 1 aromatic heterocycles. The van der Waals surface area contributed by atoms with Gasteiger partial charge in [-0.05, 0) is 40.0 Å². The maximum Gasteiger partial charge on any atom is 0.329 e. The van der Waals surface area contributed by atoms with Crippen LogP contribution in [0.5, 0.6) is 0 Å². The van der Waals surface area contributed by atoms with Crippen molar-refractivity contribution in [2.45, 2.75) is 56.5 Å². The summed E-state index contributed by atoms with van der Waals surface area (Å²) in [4.78, 5) is 23.5. The van der Waals surface area contributed by atoms with Gasteiger partial charge in [0.25, 0.3) is 0 Å². The van der Waals surface area contributed by atoms with Gasteiger partial charge < -0.3 is 10.4 Å². The third-order valence-corrected chi connectivity index (χ3v) is 6.21. The summed E-state index contributed by atoms with van der Waals surface area (Å²) in [6, 6.07) is -1.11. The van der Waals surface area contributed by atoms with Crippen molar-refractivity contribution in [1.82, 2.24) is 19.8 Å². The highest BCUT2D eigenvalue weighted by molar-refractivity contribution is 7.89. The molecule has 1 aromatic rings. The van der Waals surface area contributed by atoms with Crippen LogP contribution in [0.4, 0.5) is 0 Å². The zero-order valence-electron chi connectivity index (χ0n) is 14.1. The average Bonchev–Trinajstić information content (AvgIpc) is 2.66. The topological polar surface area (TPSA) is 130 Å². The zero-order chi connectivity index (χ0) is 18.3. The van der Waals surface area contributed by atoms with Gasteiger partial charge in [-0.25, -0.2) is 13.2 Å². The maximum atomic E-state index is 12.5. The lowest BCUT2D eigenvalue weighted by Gasteiger charge is -2.38. The lowest BCUT2D eigenvalue weighted by Crippen LogP contribution is -2.62. The molecule has 1 atom stereocenters. The van der Waals surface area contributed by atoms with Crippen LogP contribution in [-0.4, -0.2) is 46.8 Å². The molecule has 0 saturated heterocycles. The summed E-state index contributed by atoms with van der Waals surface area (Å²) in [5.41, 5.74) is -0.499. The molecule has 1 aliphatic carbocycles. The van der Waals surface area contributed by atoms with Gasteiger partial charge in [0.15, 0.2) is 0 Å². The van der Waals surface area contributed by atoms with E-state index < -0.39 is 33.5 Å². The van der Waals surface area contributed by atoms with Crippen molar-refractivity contribution >= 4 is 21.9 Å². The second kappa shape index (κ2) is 6.17. The number of hydrogen-bond acceptors (Lipinski definition) is 5. The van der Waals surface area contributed by atoms with Gasteiger partial charge in [-0.3, -0.25) is 9.48 Å². The normalized spacial score (nSPS) is 17.8. The molecule has 0 aromatic carbocycles. The number of amides is 1. The van der Waals surface area contributed by atoms with Crippen LogP contribution in [0.2, 0.25) is 0 Å². The fraction of sp³-hybridized carbons (Fsp3) is 0.643. The van der Waals surface area contributed by atoms with E-state index >= 15 is 0 Å². The Labute approximate surface area is 140 Å². The van der Waals surface area contributed by atoms with Crippen LogP contribution < -0.4 is 10.0 Å². The molecule has 0 radical (unpaired) electrons. The van der Waals surface area contributed by atoms with Gasteiger partial charge in [0.1, 0.15) is 10.4 Å². The van der Waals surface area contributed by atoms with Crippen molar-refractivity contribution in [3.8, 4) is 0 Å². The van der Waals surface area contributed by atoms with Crippen LogP contribution in [0.3, 0.4) is 0 Å². The van der Waals surface area contributed by atoms with Crippen molar-refractivity contribution in [3.63, 3.8) is 0 Å². The summed E-state index contributed by atoms with van der Waals surface area (Å²) in [6.45, 7) is 4.56. The van der Waals surface area contributed by atoms with Crippen molar-refractivity contribution < 1.29 is 23.1 Å². The van der Waals surface area contributed by atoms with Gasteiger partial charge in [-0.1, -0.05) is 0 Å². The van der Waals surface area contributed by atoms with E-state index in [0.29, 0.717) is 30.7 Å². The molecule has 24 heavy (non-hydrogen) atoms. The summed E-state index contributed by atoms with van der Waals surface area (Å²) in [6.07, 6.45) is 1.39. The van der Waals surface area contributed by atoms with E-state index in [1.54, 1.807) is 20.9 Å². The van der Waals surface area contributed by atoms with Crippen molar-refractivity contribution in [1.29, 1.82) is 0 Å². The second-order valence-electron chi connectivity index (χ2n) is 6.20. The fourth-order valence-corrected chi connectivity index (χ4v) is 4.40. The molecule has 0 bridgehead atoms. The highest BCUT2D eigenvalue weighted by Crippen LogP contribution is 2.32. The molecule has 1 heterocycles. The molecule has 3 N–H and O–H groups in total. The van der Waals surface area contributed by atoms with E-state index in [2.05, 4.69) is 15.1 Å². The molecule has 1 saturated carbocycles. The summed E-state index contributed by atoms with van der Waals surface area (Å²) < 4.78 is 28.8. The Kier molecular flexibility index (Phi) is 4.73. The van der Waals surface area contributed by atoms with Crippen LogP contribution in [0.1, 0.15) is 37.6 Å². The molecule has 1 fully saturated rings. The molecule has 9 nitrogen and oxygen atoms in total. The first-order valence-electron chi connectivity index (χ1n) is 7.58. The third-order valence-electron chi connectivity index (χ3n) is 4.42. The Balaban J connectivity index is 2.15. The second-order valence-corrected chi connectivity index (χ2v) is 7.85. The first kappa shape index (κ1) is 18.4. The van der Waals surface area contributed by atoms with Crippen molar-refractivity contribution in [3.05, 3.63) is 11.4 Å². The maximum absolute atomic E-state index is 12.5. The van der Waals surface area contributed by atoms with E-state index in [-0.39, 0.29) is 4.90 Å². The average molecular weight is 358 g/mol. The zero-order valence-corrected chi connectivity index (χ0v) is 14.9. The number of carbonyl (C=O) groups is 2. The van der Waals surface area contributed by atoms with E-state index in [9.17, 15) is 23.1 Å². The Bertz CT molecular complexity index is 779. The monoisotopic (exact) mass is 358 g/mol. The number of rotatable bonds is 6. The molecule has 134 valence electrons. The van der Waals surface area contributed by atoms with Crippen LogP contribution in [-0.2, 0) is 26.7 Å². The first-order chi connectivity index (χ1) is 11.0. The van der Waals surface area contributed by atoms with Gasteiger partial charge in [-0.15, -0.1) is 0 Å². The van der Waals surface area contributed by atoms with Crippen molar-refractivity contribution in [2.75, 3.05) is 0 Å². The number of aliphatic carboxylic acids is 1. The molecule has 0 spiro atoms. The fourth-order valence-electron chi connectivity index (χ4n) is 2.75. The predicted molar refractivity (Wildman–Crippen MR) is 84.8 cm³/mol. The molecule has 1 amide bonds. The Morgan fingerprint density at radius 2 is 1.92 bits per heavy atom. The quantitative estimate of drug-likeness (QED) is 0.647. The van der Waals surface area contributed by atoms with E-state index in [0.717, 1.165) is 0 Å². The highest BCUT2D eigenvalue weighted by atomic mass is 32.2. The summed E-state index contributed by atoms with van der Waals surface area (Å²) >= 11 is 0. The molecular weight excluding hydrogens is 336 g/mol. The van der Waals surface area contributed by atoms with Crippen LogP contribution >= 0.6 is 0 Å². The minimum atomic E-state index is -3.95. The predicted octanol–water partition coefficient (Wildman–Crippen LogP) is -0.173. The summed E-state index contributed by atoms with van der Waals surface area (Å²) in [7, 11) is -2.32. The SMILES string of the molecule is Cc1nn(C)c(C)c1S(=O)(=O)NC(C)C(=O)NC1(C(=O)O)CCC1. The lowest BCUT2D eigenvalue weighted by atomic mass is 9.76. The van der Waals surface area contributed by atoms with Gasteiger partial charge >= 0.3 is 5.97 Å². The molecular formula is C14H22N4O5S. The third kappa shape index (κ3) is 3.16. The van der Waals surface area contributed by atoms with Crippen molar-refractivity contribution in [2.24, 2.45) is 7.05 Å². The minimum Gasteiger partial charge on any atom is -0.480 e. The number of aromatic nitrogens is 2. The molecule has 1 unspecified atom stereocenters. The first-order valence-corrected chi connectivity index (χ1v) is 9.06.